The molecule has 5 heteroatoms. The van der Waals surface area contributed by atoms with E-state index in [0.29, 0.717) is 17.6 Å². The Balaban J connectivity index is 2.31. The third kappa shape index (κ3) is 2.77. The van der Waals surface area contributed by atoms with E-state index in [4.69, 9.17) is 10.5 Å². The van der Waals surface area contributed by atoms with Gasteiger partial charge in [0.05, 0.1) is 5.56 Å². The van der Waals surface area contributed by atoms with Crippen molar-refractivity contribution in [1.82, 2.24) is 0 Å². The van der Waals surface area contributed by atoms with Crippen LogP contribution in [0.2, 0.25) is 0 Å². The molecule has 0 radical (unpaired) electrons. The molecular formula is C14H10FNO3. The van der Waals surface area contributed by atoms with Crippen molar-refractivity contribution < 1.29 is 18.7 Å². The van der Waals surface area contributed by atoms with Gasteiger partial charge in [-0.1, -0.05) is 6.07 Å². The summed E-state index contributed by atoms with van der Waals surface area (Å²) in [5.74, 6) is -1.04. The Morgan fingerprint density at radius 1 is 1.16 bits per heavy atom. The van der Waals surface area contributed by atoms with E-state index in [1.807, 2.05) is 0 Å². The minimum atomic E-state index is -0.636. The molecular weight excluding hydrogens is 249 g/mol. The van der Waals surface area contributed by atoms with Crippen molar-refractivity contribution in [3.63, 3.8) is 0 Å². The number of carbonyl (C=O) groups excluding carboxylic acids is 2. The Morgan fingerprint density at radius 3 is 2.42 bits per heavy atom. The fraction of sp³-hybridized carbons (Fsp3) is 0. The van der Waals surface area contributed by atoms with Gasteiger partial charge in [0, 0.05) is 5.56 Å². The quantitative estimate of drug-likeness (QED) is 0.858. The van der Waals surface area contributed by atoms with Gasteiger partial charge in [-0.2, -0.15) is 0 Å². The van der Waals surface area contributed by atoms with Crippen LogP contribution >= 0.6 is 0 Å². The summed E-state index contributed by atoms with van der Waals surface area (Å²) in [5.41, 5.74) is 5.53. The molecule has 2 rings (SSSR count). The molecule has 0 heterocycles. The lowest BCUT2D eigenvalue weighted by Gasteiger charge is -2.09. The summed E-state index contributed by atoms with van der Waals surface area (Å²) in [7, 11) is 0. The first-order chi connectivity index (χ1) is 9.11. The molecule has 2 aromatic carbocycles. The highest BCUT2D eigenvalue weighted by atomic mass is 19.1. The van der Waals surface area contributed by atoms with E-state index in [-0.39, 0.29) is 11.3 Å². The maximum atomic E-state index is 13.6. The fourth-order valence-corrected chi connectivity index (χ4v) is 1.53. The van der Waals surface area contributed by atoms with Crippen LogP contribution in [0.5, 0.6) is 11.5 Å². The van der Waals surface area contributed by atoms with E-state index in [2.05, 4.69) is 0 Å². The van der Waals surface area contributed by atoms with Crippen LogP contribution in [-0.4, -0.2) is 12.2 Å². The third-order valence-corrected chi connectivity index (χ3v) is 2.48. The van der Waals surface area contributed by atoms with Crippen molar-refractivity contribution in [2.75, 3.05) is 0 Å². The minimum absolute atomic E-state index is 0.110. The van der Waals surface area contributed by atoms with Gasteiger partial charge in [-0.3, -0.25) is 9.59 Å². The van der Waals surface area contributed by atoms with Gasteiger partial charge in [0.1, 0.15) is 5.75 Å². The number of aldehydes is 1. The number of hydrogen-bond donors (Lipinski definition) is 1. The van der Waals surface area contributed by atoms with Crippen molar-refractivity contribution in [3.8, 4) is 11.5 Å². The van der Waals surface area contributed by atoms with Gasteiger partial charge >= 0.3 is 0 Å². The molecule has 2 N–H and O–H groups in total. The number of benzene rings is 2. The highest BCUT2D eigenvalue weighted by molar-refractivity contribution is 5.92. The number of halogens is 1. The van der Waals surface area contributed by atoms with Crippen molar-refractivity contribution in [2.45, 2.75) is 0 Å². The first kappa shape index (κ1) is 12.8. The lowest BCUT2D eigenvalue weighted by molar-refractivity contribution is 0.1000. The van der Waals surface area contributed by atoms with Crippen LogP contribution in [0.25, 0.3) is 0 Å². The second kappa shape index (κ2) is 5.30. The van der Waals surface area contributed by atoms with E-state index in [1.54, 1.807) is 0 Å². The molecule has 0 spiro atoms. The summed E-state index contributed by atoms with van der Waals surface area (Å²) < 4.78 is 18.9. The Morgan fingerprint density at radius 2 is 1.84 bits per heavy atom. The zero-order valence-corrected chi connectivity index (χ0v) is 9.80. The number of ether oxygens (including phenoxy) is 1. The largest absolute Gasteiger partial charge is 0.454 e. The molecule has 0 aliphatic rings. The standard InChI is InChI=1S/C14H10FNO3/c15-12-3-1-2-10(8-17)13(12)19-11-6-4-9(5-7-11)14(16)18/h1-8H,(H2,16,18). The molecule has 0 unspecified atom stereocenters. The first-order valence-corrected chi connectivity index (χ1v) is 5.43. The maximum Gasteiger partial charge on any atom is 0.248 e. The van der Waals surface area contributed by atoms with Gasteiger partial charge in [0.25, 0.3) is 0 Å². The van der Waals surface area contributed by atoms with Crippen molar-refractivity contribution in [3.05, 3.63) is 59.4 Å². The van der Waals surface area contributed by atoms with Crippen LogP contribution in [0, 0.1) is 5.82 Å². The summed E-state index contributed by atoms with van der Waals surface area (Å²) in [5, 5.41) is 0. The third-order valence-electron chi connectivity index (χ3n) is 2.48. The van der Waals surface area contributed by atoms with Crippen LogP contribution in [-0.2, 0) is 0 Å². The lowest BCUT2D eigenvalue weighted by Crippen LogP contribution is -2.10. The normalized spacial score (nSPS) is 9.95. The van der Waals surface area contributed by atoms with Crippen LogP contribution in [0.15, 0.2) is 42.5 Å². The zero-order chi connectivity index (χ0) is 13.8. The van der Waals surface area contributed by atoms with Crippen LogP contribution in [0.3, 0.4) is 0 Å². The molecule has 0 aromatic heterocycles. The van der Waals surface area contributed by atoms with Crippen LogP contribution < -0.4 is 10.5 Å². The van der Waals surface area contributed by atoms with Crippen molar-refractivity contribution >= 4 is 12.2 Å². The molecule has 0 aliphatic heterocycles. The summed E-state index contributed by atoms with van der Waals surface area (Å²) >= 11 is 0. The maximum absolute atomic E-state index is 13.6. The average Bonchev–Trinajstić information content (AvgIpc) is 2.41. The summed E-state index contributed by atoms with van der Waals surface area (Å²) in [6.07, 6.45) is 0.510. The monoisotopic (exact) mass is 259 g/mol. The Bertz CT molecular complexity index is 623. The zero-order valence-electron chi connectivity index (χ0n) is 9.80. The van der Waals surface area contributed by atoms with Crippen molar-refractivity contribution in [2.24, 2.45) is 5.73 Å². The molecule has 0 saturated heterocycles. The van der Waals surface area contributed by atoms with E-state index >= 15 is 0 Å². The van der Waals surface area contributed by atoms with Gasteiger partial charge in [0.15, 0.2) is 17.9 Å². The molecule has 0 bridgehead atoms. The Hall–Kier alpha value is -2.69. The van der Waals surface area contributed by atoms with Crippen LogP contribution in [0.4, 0.5) is 4.39 Å². The first-order valence-electron chi connectivity index (χ1n) is 5.43. The molecule has 0 aliphatic carbocycles. The second-order valence-electron chi connectivity index (χ2n) is 3.77. The molecule has 96 valence electrons. The molecule has 19 heavy (non-hydrogen) atoms. The topological polar surface area (TPSA) is 69.4 Å². The molecule has 4 nitrogen and oxygen atoms in total. The van der Waals surface area contributed by atoms with Gasteiger partial charge in [0.2, 0.25) is 5.91 Å². The van der Waals surface area contributed by atoms with E-state index in [1.165, 1.54) is 42.5 Å². The Labute approximate surface area is 108 Å². The highest BCUT2D eigenvalue weighted by Gasteiger charge is 2.10. The smallest absolute Gasteiger partial charge is 0.248 e. The minimum Gasteiger partial charge on any atom is -0.454 e. The predicted molar refractivity (Wildman–Crippen MR) is 66.8 cm³/mol. The number of primary amides is 1. The average molecular weight is 259 g/mol. The van der Waals surface area contributed by atoms with E-state index in [9.17, 15) is 14.0 Å². The number of para-hydroxylation sites is 1. The second-order valence-corrected chi connectivity index (χ2v) is 3.77. The highest BCUT2D eigenvalue weighted by Crippen LogP contribution is 2.27. The summed E-state index contributed by atoms with van der Waals surface area (Å²) in [6.45, 7) is 0. The predicted octanol–water partition coefficient (Wildman–Crippen LogP) is 2.53. The van der Waals surface area contributed by atoms with Gasteiger partial charge < -0.3 is 10.5 Å². The number of carbonyl (C=O) groups is 2. The lowest BCUT2D eigenvalue weighted by atomic mass is 10.2. The number of rotatable bonds is 4. The number of hydrogen-bond acceptors (Lipinski definition) is 3. The molecule has 0 saturated carbocycles. The van der Waals surface area contributed by atoms with Gasteiger partial charge in [-0.25, -0.2) is 4.39 Å². The number of amides is 1. The van der Waals surface area contributed by atoms with Gasteiger partial charge in [-0.05, 0) is 36.4 Å². The SMILES string of the molecule is NC(=O)c1ccc(Oc2c(F)cccc2C=O)cc1. The Kier molecular flexibility index (Phi) is 3.56. The van der Waals surface area contributed by atoms with Gasteiger partial charge in [-0.15, -0.1) is 0 Å². The molecule has 1 amide bonds. The van der Waals surface area contributed by atoms with Crippen molar-refractivity contribution in [1.29, 1.82) is 0 Å². The van der Waals surface area contributed by atoms with Crippen LogP contribution in [0.1, 0.15) is 20.7 Å². The summed E-state index contributed by atoms with van der Waals surface area (Å²) in [6, 6.07) is 9.92. The van der Waals surface area contributed by atoms with E-state index in [0.717, 1.165) is 0 Å². The molecule has 0 atom stereocenters. The summed E-state index contributed by atoms with van der Waals surface area (Å²) in [4.78, 5) is 21.7. The fourth-order valence-electron chi connectivity index (χ4n) is 1.53. The molecule has 0 fully saturated rings. The number of nitrogens with two attached hydrogens (primary N) is 1. The molecule has 2 aromatic rings. The van der Waals surface area contributed by atoms with E-state index < -0.39 is 11.7 Å².